The minimum Gasteiger partial charge on any atom is -0.395 e. The summed E-state index contributed by atoms with van der Waals surface area (Å²) in [6, 6.07) is 5.28. The molecule has 0 saturated carbocycles. The van der Waals surface area contributed by atoms with Crippen LogP contribution in [-0.2, 0) is 17.9 Å². The molecule has 1 atom stereocenters. The van der Waals surface area contributed by atoms with Crippen LogP contribution in [0.1, 0.15) is 12.0 Å². The van der Waals surface area contributed by atoms with Gasteiger partial charge in [-0.05, 0) is 17.7 Å². The third-order valence-electron chi connectivity index (χ3n) is 5.04. The van der Waals surface area contributed by atoms with Crippen molar-refractivity contribution in [2.45, 2.75) is 19.5 Å². The highest BCUT2D eigenvalue weighted by Crippen LogP contribution is 2.23. The van der Waals surface area contributed by atoms with E-state index in [0.717, 1.165) is 5.56 Å². The topological polar surface area (TPSA) is 116 Å². The Morgan fingerprint density at radius 1 is 1.27 bits per heavy atom. The number of nitrogens with zero attached hydrogens (tertiary/aromatic N) is 4. The summed E-state index contributed by atoms with van der Waals surface area (Å²) in [5.74, 6) is 0.355. The number of anilines is 1. The Hall–Kier alpha value is -2.62. The quantitative estimate of drug-likeness (QED) is 0.505. The van der Waals surface area contributed by atoms with Crippen LogP contribution in [0.2, 0.25) is 10.0 Å². The lowest BCUT2D eigenvalue weighted by Gasteiger charge is -2.15. The largest absolute Gasteiger partial charge is 0.395 e. The number of β-amino-alcohol motifs (C(OH)–C–C–N with tert-alkyl or cyclic N) is 1. The fourth-order valence-electron chi connectivity index (χ4n) is 3.62. The van der Waals surface area contributed by atoms with Gasteiger partial charge in [0.05, 0.1) is 22.8 Å². The van der Waals surface area contributed by atoms with Gasteiger partial charge < -0.3 is 15.3 Å². The van der Waals surface area contributed by atoms with Gasteiger partial charge in [-0.1, -0.05) is 29.3 Å². The molecule has 0 aliphatic carbocycles. The van der Waals surface area contributed by atoms with Crippen LogP contribution >= 0.6 is 23.2 Å². The Balaban J connectivity index is 1.48. The van der Waals surface area contributed by atoms with E-state index in [1.807, 2.05) is 6.07 Å². The third kappa shape index (κ3) is 4.28. The van der Waals surface area contributed by atoms with Crippen LogP contribution in [0.15, 0.2) is 29.2 Å². The summed E-state index contributed by atoms with van der Waals surface area (Å²) in [4.78, 5) is 33.4. The lowest BCUT2D eigenvalue weighted by Crippen LogP contribution is -2.28. The number of rotatable bonds is 7. The first-order chi connectivity index (χ1) is 14.4. The van der Waals surface area contributed by atoms with Crippen LogP contribution in [-0.4, -0.2) is 55.4 Å². The molecule has 1 aliphatic rings. The van der Waals surface area contributed by atoms with Gasteiger partial charge in [-0.25, -0.2) is 4.98 Å². The van der Waals surface area contributed by atoms with Crippen molar-refractivity contribution in [2.75, 3.05) is 25.0 Å². The van der Waals surface area contributed by atoms with Gasteiger partial charge in [-0.3, -0.25) is 19.3 Å². The average Bonchev–Trinajstić information content (AvgIpc) is 3.27. The molecule has 1 unspecified atom stereocenters. The lowest BCUT2D eigenvalue weighted by atomic mass is 10.1. The van der Waals surface area contributed by atoms with E-state index in [1.54, 1.807) is 21.7 Å². The SMILES string of the molecule is O=C1CC(Cn2ncc3nc(NCc4ccc(Cl)c(Cl)c4)[nH]c(=O)c32)CN1CCO. The number of aromatic amines is 1. The van der Waals surface area contributed by atoms with Crippen LogP contribution in [0.25, 0.3) is 11.0 Å². The fraction of sp³-hybridized carbons (Fsp3) is 0.368. The van der Waals surface area contributed by atoms with Gasteiger partial charge in [0.15, 0.2) is 5.52 Å². The first kappa shape index (κ1) is 20.6. The normalized spacial score (nSPS) is 16.6. The molecule has 3 aromatic rings. The Bertz CT molecular complexity index is 1140. The number of hydrogen-bond acceptors (Lipinski definition) is 6. The van der Waals surface area contributed by atoms with E-state index in [9.17, 15) is 9.59 Å². The minimum absolute atomic E-state index is 0.00587. The molecule has 1 aliphatic heterocycles. The zero-order valence-corrected chi connectivity index (χ0v) is 17.4. The summed E-state index contributed by atoms with van der Waals surface area (Å²) < 4.78 is 1.59. The molecule has 3 heterocycles. The number of fused-ring (bicyclic) bond motifs is 1. The minimum atomic E-state index is -0.314. The molecule has 2 aromatic heterocycles. The highest BCUT2D eigenvalue weighted by atomic mass is 35.5. The molecular formula is C19H20Cl2N6O3. The Kier molecular flexibility index (Phi) is 5.94. The molecule has 0 radical (unpaired) electrons. The summed E-state index contributed by atoms with van der Waals surface area (Å²) in [7, 11) is 0. The molecule has 1 amide bonds. The number of aliphatic hydroxyl groups excluding tert-OH is 1. The zero-order chi connectivity index (χ0) is 21.3. The number of H-pyrrole nitrogens is 1. The fourth-order valence-corrected chi connectivity index (χ4v) is 3.94. The number of aromatic nitrogens is 4. The van der Waals surface area contributed by atoms with Crippen molar-refractivity contribution in [3.8, 4) is 0 Å². The van der Waals surface area contributed by atoms with E-state index in [0.29, 0.717) is 59.6 Å². The van der Waals surface area contributed by atoms with Gasteiger partial charge in [0.25, 0.3) is 5.56 Å². The molecule has 0 bridgehead atoms. The molecule has 30 heavy (non-hydrogen) atoms. The summed E-state index contributed by atoms with van der Waals surface area (Å²) in [6.45, 7) is 1.63. The van der Waals surface area contributed by atoms with Gasteiger partial charge in [0.2, 0.25) is 11.9 Å². The number of benzene rings is 1. The predicted octanol–water partition coefficient (Wildman–Crippen LogP) is 1.88. The first-order valence-electron chi connectivity index (χ1n) is 9.47. The van der Waals surface area contributed by atoms with Crippen LogP contribution in [0.5, 0.6) is 0 Å². The maximum absolute atomic E-state index is 12.7. The Morgan fingerprint density at radius 2 is 2.10 bits per heavy atom. The smallest absolute Gasteiger partial charge is 0.278 e. The number of carbonyl (C=O) groups is 1. The highest BCUT2D eigenvalue weighted by molar-refractivity contribution is 6.42. The monoisotopic (exact) mass is 450 g/mol. The van der Waals surface area contributed by atoms with Crippen molar-refractivity contribution >= 4 is 46.1 Å². The Morgan fingerprint density at radius 3 is 2.87 bits per heavy atom. The number of likely N-dealkylation sites (tertiary alicyclic amines) is 1. The summed E-state index contributed by atoms with van der Waals surface area (Å²) in [5, 5.41) is 17.3. The second-order valence-electron chi connectivity index (χ2n) is 7.21. The van der Waals surface area contributed by atoms with Gasteiger partial charge >= 0.3 is 0 Å². The third-order valence-corrected chi connectivity index (χ3v) is 5.78. The first-order valence-corrected chi connectivity index (χ1v) is 10.2. The second kappa shape index (κ2) is 8.63. The molecular weight excluding hydrogens is 431 g/mol. The van der Waals surface area contributed by atoms with Gasteiger partial charge in [-0.15, -0.1) is 0 Å². The average molecular weight is 451 g/mol. The van der Waals surface area contributed by atoms with E-state index in [1.165, 1.54) is 6.20 Å². The number of aliphatic hydroxyl groups is 1. The van der Waals surface area contributed by atoms with E-state index in [-0.39, 0.29) is 24.0 Å². The van der Waals surface area contributed by atoms with Crippen molar-refractivity contribution in [1.82, 2.24) is 24.6 Å². The van der Waals surface area contributed by atoms with E-state index in [2.05, 4.69) is 20.4 Å². The van der Waals surface area contributed by atoms with Crippen molar-refractivity contribution in [2.24, 2.45) is 5.92 Å². The maximum atomic E-state index is 12.7. The highest BCUT2D eigenvalue weighted by Gasteiger charge is 2.30. The molecule has 158 valence electrons. The van der Waals surface area contributed by atoms with E-state index in [4.69, 9.17) is 28.3 Å². The summed E-state index contributed by atoms with van der Waals surface area (Å²) >= 11 is 12.0. The van der Waals surface area contributed by atoms with Gasteiger partial charge in [0, 0.05) is 38.5 Å². The number of carbonyl (C=O) groups excluding carboxylic acids is 1. The second-order valence-corrected chi connectivity index (χ2v) is 8.02. The molecule has 9 nitrogen and oxygen atoms in total. The van der Waals surface area contributed by atoms with Crippen LogP contribution in [0.3, 0.4) is 0 Å². The van der Waals surface area contributed by atoms with Crippen molar-refractivity contribution < 1.29 is 9.90 Å². The van der Waals surface area contributed by atoms with Gasteiger partial charge in [0.1, 0.15) is 5.52 Å². The number of nitrogens with one attached hydrogen (secondary N) is 2. The molecule has 0 spiro atoms. The molecule has 3 N–H and O–H groups in total. The molecule has 1 saturated heterocycles. The van der Waals surface area contributed by atoms with E-state index < -0.39 is 0 Å². The van der Waals surface area contributed by atoms with Crippen molar-refractivity contribution in [3.05, 3.63) is 50.4 Å². The summed E-state index contributed by atoms with van der Waals surface area (Å²) in [5.41, 5.74) is 1.40. The molecule has 4 rings (SSSR count). The number of hydrogen-bond donors (Lipinski definition) is 3. The predicted molar refractivity (Wildman–Crippen MR) is 114 cm³/mol. The van der Waals surface area contributed by atoms with Crippen LogP contribution in [0, 0.1) is 5.92 Å². The molecule has 1 aromatic carbocycles. The van der Waals surface area contributed by atoms with Crippen molar-refractivity contribution in [3.63, 3.8) is 0 Å². The molecule has 1 fully saturated rings. The summed E-state index contributed by atoms with van der Waals surface area (Å²) in [6.07, 6.45) is 1.91. The van der Waals surface area contributed by atoms with E-state index >= 15 is 0 Å². The zero-order valence-electron chi connectivity index (χ0n) is 15.9. The van der Waals surface area contributed by atoms with Crippen molar-refractivity contribution in [1.29, 1.82) is 0 Å². The van der Waals surface area contributed by atoms with Gasteiger partial charge in [-0.2, -0.15) is 5.10 Å². The Labute approximate surface area is 181 Å². The molecule has 11 heteroatoms. The van der Waals surface area contributed by atoms with Crippen LogP contribution < -0.4 is 10.9 Å². The number of amides is 1. The number of halogens is 2. The lowest BCUT2D eigenvalue weighted by molar-refractivity contribution is -0.128. The van der Waals surface area contributed by atoms with Crippen LogP contribution in [0.4, 0.5) is 5.95 Å². The maximum Gasteiger partial charge on any atom is 0.278 e. The standard InChI is InChI=1S/C19H20Cl2N6O3/c20-13-2-1-11(5-14(13)21)7-22-19-24-15-8-23-27(17(15)18(30)25-19)10-12-6-16(29)26(9-12)3-4-28/h1-2,5,8,12,28H,3-4,6-7,9-10H2,(H2,22,24,25,30).